The monoisotopic (exact) mass is 247 g/mol. The molecule has 0 fully saturated rings. The molecule has 2 rings (SSSR count). The Morgan fingerprint density at radius 1 is 1.39 bits per heavy atom. The van der Waals surface area contributed by atoms with Gasteiger partial charge in [0.15, 0.2) is 5.82 Å². The maximum absolute atomic E-state index is 9.74. The molecule has 0 saturated heterocycles. The molecule has 96 valence electrons. The van der Waals surface area contributed by atoms with Crippen LogP contribution in [0.3, 0.4) is 0 Å². The van der Waals surface area contributed by atoms with Gasteiger partial charge in [-0.3, -0.25) is 4.98 Å². The first-order chi connectivity index (χ1) is 8.65. The third-order valence-corrected chi connectivity index (χ3v) is 2.75. The summed E-state index contributed by atoms with van der Waals surface area (Å²) >= 11 is 0. The highest BCUT2D eigenvalue weighted by molar-refractivity contribution is 5.13. The van der Waals surface area contributed by atoms with Crippen molar-refractivity contribution in [1.29, 1.82) is 0 Å². The summed E-state index contributed by atoms with van der Waals surface area (Å²) in [5.41, 5.74) is 1.04. The SMILES string of the molecule is CC(C)C(O)Cc1nc(Cc2cccnc2)no1. The first-order valence-corrected chi connectivity index (χ1v) is 6.03. The fraction of sp³-hybridized carbons (Fsp3) is 0.462. The van der Waals surface area contributed by atoms with Crippen molar-refractivity contribution in [1.82, 2.24) is 15.1 Å². The maximum atomic E-state index is 9.74. The fourth-order valence-electron chi connectivity index (χ4n) is 1.54. The molecule has 5 heteroatoms. The Kier molecular flexibility index (Phi) is 4.04. The summed E-state index contributed by atoms with van der Waals surface area (Å²) < 4.78 is 5.12. The van der Waals surface area contributed by atoms with E-state index in [1.165, 1.54) is 0 Å². The van der Waals surface area contributed by atoms with E-state index in [-0.39, 0.29) is 5.92 Å². The van der Waals surface area contributed by atoms with Crippen molar-refractivity contribution in [2.45, 2.75) is 32.8 Å². The van der Waals surface area contributed by atoms with E-state index in [0.717, 1.165) is 5.56 Å². The van der Waals surface area contributed by atoms with Gasteiger partial charge in [-0.1, -0.05) is 25.1 Å². The number of aliphatic hydroxyl groups excluding tert-OH is 1. The molecule has 1 atom stereocenters. The van der Waals surface area contributed by atoms with Crippen LogP contribution in [-0.2, 0) is 12.8 Å². The Balaban J connectivity index is 1.98. The van der Waals surface area contributed by atoms with Gasteiger partial charge in [-0.15, -0.1) is 0 Å². The standard InChI is InChI=1S/C13H17N3O2/c1-9(2)11(17)7-13-15-12(16-18-13)6-10-4-3-5-14-8-10/h3-5,8-9,11,17H,6-7H2,1-2H3. The molecule has 2 heterocycles. The highest BCUT2D eigenvalue weighted by Crippen LogP contribution is 2.10. The van der Waals surface area contributed by atoms with Crippen molar-refractivity contribution in [2.75, 3.05) is 0 Å². The molecule has 0 spiro atoms. The molecule has 2 aromatic heterocycles. The minimum absolute atomic E-state index is 0.179. The summed E-state index contributed by atoms with van der Waals surface area (Å²) in [6.07, 6.45) is 4.05. The lowest BCUT2D eigenvalue weighted by molar-refractivity contribution is 0.116. The fourth-order valence-corrected chi connectivity index (χ4v) is 1.54. The van der Waals surface area contributed by atoms with Crippen molar-refractivity contribution in [3.05, 3.63) is 41.8 Å². The topological polar surface area (TPSA) is 72.0 Å². The number of aromatic nitrogens is 3. The number of hydrogen-bond donors (Lipinski definition) is 1. The number of aliphatic hydroxyl groups is 1. The van der Waals surface area contributed by atoms with Crippen LogP contribution in [0.15, 0.2) is 29.0 Å². The zero-order chi connectivity index (χ0) is 13.0. The van der Waals surface area contributed by atoms with E-state index in [0.29, 0.717) is 24.6 Å². The number of hydrogen-bond acceptors (Lipinski definition) is 5. The summed E-state index contributed by atoms with van der Waals surface area (Å²) in [5, 5.41) is 13.6. The molecule has 1 unspecified atom stereocenters. The van der Waals surface area contributed by atoms with Crippen molar-refractivity contribution >= 4 is 0 Å². The Hall–Kier alpha value is -1.75. The molecule has 5 nitrogen and oxygen atoms in total. The number of nitrogens with zero attached hydrogens (tertiary/aromatic N) is 3. The van der Waals surface area contributed by atoms with Crippen LogP contribution in [-0.4, -0.2) is 26.3 Å². The lowest BCUT2D eigenvalue weighted by atomic mass is 10.0. The molecule has 1 N–H and O–H groups in total. The van der Waals surface area contributed by atoms with Crippen molar-refractivity contribution in [2.24, 2.45) is 5.92 Å². The van der Waals surface area contributed by atoms with E-state index in [2.05, 4.69) is 15.1 Å². The second-order valence-corrected chi connectivity index (χ2v) is 4.66. The quantitative estimate of drug-likeness (QED) is 0.869. The molecule has 0 bridgehead atoms. The van der Waals surface area contributed by atoms with Crippen LogP contribution in [0.25, 0.3) is 0 Å². The zero-order valence-corrected chi connectivity index (χ0v) is 10.6. The molecule has 0 aliphatic heterocycles. The van der Waals surface area contributed by atoms with Gasteiger partial charge in [0.2, 0.25) is 5.89 Å². The average Bonchev–Trinajstić information content (AvgIpc) is 2.77. The molecule has 18 heavy (non-hydrogen) atoms. The highest BCUT2D eigenvalue weighted by atomic mass is 16.5. The molecule has 0 aliphatic rings. The number of pyridine rings is 1. The van der Waals surface area contributed by atoms with Crippen LogP contribution >= 0.6 is 0 Å². The minimum Gasteiger partial charge on any atom is -0.392 e. The zero-order valence-electron chi connectivity index (χ0n) is 10.6. The smallest absolute Gasteiger partial charge is 0.229 e. The Bertz CT molecular complexity index is 482. The molecule has 0 radical (unpaired) electrons. The summed E-state index contributed by atoms with van der Waals surface area (Å²) in [7, 11) is 0. The first-order valence-electron chi connectivity index (χ1n) is 6.03. The summed E-state index contributed by atoms with van der Waals surface area (Å²) in [4.78, 5) is 8.30. The van der Waals surface area contributed by atoms with Gasteiger partial charge in [0, 0.05) is 18.8 Å². The maximum Gasteiger partial charge on any atom is 0.229 e. The lowest BCUT2D eigenvalue weighted by Gasteiger charge is -2.10. The van der Waals surface area contributed by atoms with E-state index in [1.54, 1.807) is 12.4 Å². The van der Waals surface area contributed by atoms with Gasteiger partial charge in [0.25, 0.3) is 0 Å². The number of rotatable bonds is 5. The highest BCUT2D eigenvalue weighted by Gasteiger charge is 2.15. The van der Waals surface area contributed by atoms with E-state index in [1.807, 2.05) is 26.0 Å². The Morgan fingerprint density at radius 3 is 2.89 bits per heavy atom. The first kappa shape index (κ1) is 12.7. The second-order valence-electron chi connectivity index (χ2n) is 4.66. The van der Waals surface area contributed by atoms with E-state index >= 15 is 0 Å². The molecule has 2 aromatic rings. The van der Waals surface area contributed by atoms with E-state index in [9.17, 15) is 5.11 Å². The minimum atomic E-state index is -0.448. The van der Waals surface area contributed by atoms with E-state index < -0.39 is 6.10 Å². The second kappa shape index (κ2) is 5.73. The van der Waals surface area contributed by atoms with Gasteiger partial charge in [-0.05, 0) is 17.5 Å². The summed E-state index contributed by atoms with van der Waals surface area (Å²) in [6.45, 7) is 3.91. The Morgan fingerprint density at radius 2 is 2.22 bits per heavy atom. The van der Waals surface area contributed by atoms with Gasteiger partial charge < -0.3 is 9.63 Å². The van der Waals surface area contributed by atoms with Gasteiger partial charge in [-0.2, -0.15) is 4.98 Å². The van der Waals surface area contributed by atoms with Crippen molar-refractivity contribution in [3.63, 3.8) is 0 Å². The largest absolute Gasteiger partial charge is 0.392 e. The van der Waals surface area contributed by atoms with E-state index in [4.69, 9.17) is 4.52 Å². The van der Waals surface area contributed by atoms with Gasteiger partial charge in [-0.25, -0.2) is 0 Å². The summed E-state index contributed by atoms with van der Waals surface area (Å²) in [5.74, 6) is 1.28. The van der Waals surface area contributed by atoms with Crippen LogP contribution < -0.4 is 0 Å². The lowest BCUT2D eigenvalue weighted by Crippen LogP contribution is -2.17. The predicted octanol–water partition coefficient (Wildman–Crippen LogP) is 1.61. The van der Waals surface area contributed by atoms with Crippen LogP contribution in [0.4, 0.5) is 0 Å². The van der Waals surface area contributed by atoms with Crippen LogP contribution in [0.5, 0.6) is 0 Å². The van der Waals surface area contributed by atoms with Gasteiger partial charge in [0.1, 0.15) is 0 Å². The van der Waals surface area contributed by atoms with Gasteiger partial charge in [0.05, 0.1) is 12.5 Å². The molecule has 0 aliphatic carbocycles. The van der Waals surface area contributed by atoms with Crippen molar-refractivity contribution < 1.29 is 9.63 Å². The van der Waals surface area contributed by atoms with Crippen LogP contribution in [0, 0.1) is 5.92 Å². The molecule has 0 aromatic carbocycles. The summed E-state index contributed by atoms with van der Waals surface area (Å²) in [6, 6.07) is 3.84. The normalized spacial score (nSPS) is 12.9. The third-order valence-electron chi connectivity index (χ3n) is 2.75. The van der Waals surface area contributed by atoms with Gasteiger partial charge >= 0.3 is 0 Å². The third kappa shape index (κ3) is 3.37. The van der Waals surface area contributed by atoms with Crippen molar-refractivity contribution in [3.8, 4) is 0 Å². The molecular weight excluding hydrogens is 230 g/mol. The molecular formula is C13H17N3O2. The molecule has 0 saturated carbocycles. The Labute approximate surface area is 106 Å². The predicted molar refractivity (Wildman–Crippen MR) is 65.9 cm³/mol. The molecule has 0 amide bonds. The average molecular weight is 247 g/mol. The van der Waals surface area contributed by atoms with Crippen LogP contribution in [0.2, 0.25) is 0 Å². The van der Waals surface area contributed by atoms with Crippen LogP contribution in [0.1, 0.15) is 31.1 Å².